The number of piperidine rings is 1. The highest BCUT2D eigenvalue weighted by atomic mass is 15.1. The lowest BCUT2D eigenvalue weighted by Crippen LogP contribution is -2.33. The maximum Gasteiger partial charge on any atom is 0.0397 e. The molecule has 0 amide bonds. The Morgan fingerprint density at radius 1 is 0.917 bits per heavy atom. The van der Waals surface area contributed by atoms with Crippen molar-refractivity contribution in [3.63, 3.8) is 0 Å². The van der Waals surface area contributed by atoms with E-state index in [-0.39, 0.29) is 0 Å². The van der Waals surface area contributed by atoms with Crippen LogP contribution in [0.4, 0.5) is 5.69 Å². The second-order valence-electron chi connectivity index (χ2n) is 7.58. The number of hydrogen-bond acceptors (Lipinski definition) is 2. The van der Waals surface area contributed by atoms with E-state index >= 15 is 0 Å². The van der Waals surface area contributed by atoms with Gasteiger partial charge in [-0.15, -0.1) is 0 Å². The van der Waals surface area contributed by atoms with Crippen LogP contribution in [0, 0.1) is 11.8 Å². The van der Waals surface area contributed by atoms with E-state index in [2.05, 4.69) is 52.3 Å². The Kier molecular flexibility index (Phi) is 4.82. The first-order valence-electron chi connectivity index (χ1n) is 9.60. The fraction of sp³-hybridized carbons (Fsp3) is 0.500. The Balaban J connectivity index is 1.15. The third kappa shape index (κ3) is 3.80. The first kappa shape index (κ1) is 15.7. The summed E-state index contributed by atoms with van der Waals surface area (Å²) >= 11 is 0. The van der Waals surface area contributed by atoms with Gasteiger partial charge in [0.05, 0.1) is 0 Å². The predicted molar refractivity (Wildman–Crippen MR) is 100 cm³/mol. The third-order valence-corrected chi connectivity index (χ3v) is 5.98. The van der Waals surface area contributed by atoms with Crippen LogP contribution in [0.25, 0.3) is 0 Å². The summed E-state index contributed by atoms with van der Waals surface area (Å²) in [6, 6.07) is 15.4. The Hall–Kier alpha value is -1.83. The molecule has 1 aliphatic heterocycles. The molecule has 1 aromatic heterocycles. The van der Waals surface area contributed by atoms with E-state index < -0.39 is 0 Å². The summed E-state index contributed by atoms with van der Waals surface area (Å²) < 4.78 is 0. The molecular weight excluding hydrogens is 292 g/mol. The van der Waals surface area contributed by atoms with E-state index in [1.807, 2.05) is 12.4 Å². The van der Waals surface area contributed by atoms with Crippen LogP contribution in [-0.4, -0.2) is 18.1 Å². The van der Waals surface area contributed by atoms with Crippen molar-refractivity contribution in [3.05, 3.63) is 60.4 Å². The van der Waals surface area contributed by atoms with Crippen LogP contribution in [0.3, 0.4) is 0 Å². The van der Waals surface area contributed by atoms with Gasteiger partial charge in [0.15, 0.2) is 0 Å². The van der Waals surface area contributed by atoms with Gasteiger partial charge in [0.1, 0.15) is 0 Å². The lowest BCUT2D eigenvalue weighted by atomic mass is 9.90. The molecule has 0 unspecified atom stereocenters. The monoisotopic (exact) mass is 320 g/mol. The van der Waals surface area contributed by atoms with Crippen LogP contribution in [0.15, 0.2) is 54.9 Å². The number of hydrogen-bond donors (Lipinski definition) is 0. The largest absolute Gasteiger partial charge is 0.371 e. The Labute approximate surface area is 145 Å². The van der Waals surface area contributed by atoms with Gasteiger partial charge >= 0.3 is 0 Å². The smallest absolute Gasteiger partial charge is 0.0397 e. The lowest BCUT2D eigenvalue weighted by molar-refractivity contribution is 0.365. The highest BCUT2D eigenvalue weighted by Gasteiger charge is 2.37. The van der Waals surface area contributed by atoms with Crippen molar-refractivity contribution in [3.8, 4) is 0 Å². The second kappa shape index (κ2) is 7.38. The third-order valence-electron chi connectivity index (χ3n) is 5.98. The van der Waals surface area contributed by atoms with Crippen LogP contribution < -0.4 is 4.90 Å². The molecule has 2 atom stereocenters. The molecule has 2 heterocycles. The zero-order valence-corrected chi connectivity index (χ0v) is 14.5. The molecule has 1 saturated carbocycles. The zero-order chi connectivity index (χ0) is 16.2. The van der Waals surface area contributed by atoms with Gasteiger partial charge in [-0.2, -0.15) is 0 Å². The highest BCUT2D eigenvalue weighted by Crippen LogP contribution is 2.50. The molecule has 24 heavy (non-hydrogen) atoms. The highest BCUT2D eigenvalue weighted by molar-refractivity contribution is 5.44. The summed E-state index contributed by atoms with van der Waals surface area (Å²) in [5, 5.41) is 0. The second-order valence-corrected chi connectivity index (χ2v) is 7.58. The van der Waals surface area contributed by atoms with Crippen LogP contribution in [0.2, 0.25) is 0 Å². The van der Waals surface area contributed by atoms with Crippen molar-refractivity contribution in [1.82, 2.24) is 4.98 Å². The van der Waals surface area contributed by atoms with E-state index in [9.17, 15) is 0 Å². The number of pyridine rings is 1. The van der Waals surface area contributed by atoms with Crippen LogP contribution in [0.5, 0.6) is 0 Å². The zero-order valence-electron chi connectivity index (χ0n) is 14.5. The van der Waals surface area contributed by atoms with E-state index in [4.69, 9.17) is 0 Å². The van der Waals surface area contributed by atoms with E-state index in [1.165, 1.54) is 57.3 Å². The van der Waals surface area contributed by atoms with Crippen molar-refractivity contribution in [2.75, 3.05) is 18.0 Å². The molecular formula is C22H28N2. The fourth-order valence-corrected chi connectivity index (χ4v) is 4.38. The number of rotatable bonds is 6. The van der Waals surface area contributed by atoms with E-state index in [1.54, 1.807) is 5.56 Å². The standard InChI is InChI=1S/C22H28N2/c1-2-6-19(7-3-1)22-17-20(22)8-4-5-18-11-15-24(16-12-18)21-9-13-23-14-10-21/h1-3,6-7,9-10,13-14,18,20,22H,4-5,8,11-12,15-17H2/t20-,22+/m1/s1. The van der Waals surface area contributed by atoms with Gasteiger partial charge in [-0.05, 0) is 61.1 Å². The molecule has 2 aliphatic rings. The topological polar surface area (TPSA) is 16.1 Å². The normalized spacial score (nSPS) is 24.1. The summed E-state index contributed by atoms with van der Waals surface area (Å²) in [4.78, 5) is 6.64. The molecule has 0 N–H and O–H groups in total. The summed E-state index contributed by atoms with van der Waals surface area (Å²) in [5.41, 5.74) is 2.90. The average molecular weight is 320 g/mol. The molecule has 1 saturated heterocycles. The summed E-state index contributed by atoms with van der Waals surface area (Å²) in [7, 11) is 0. The van der Waals surface area contributed by atoms with Crippen molar-refractivity contribution in [1.29, 1.82) is 0 Å². The van der Waals surface area contributed by atoms with Gasteiger partial charge in [-0.25, -0.2) is 0 Å². The molecule has 0 bridgehead atoms. The fourth-order valence-electron chi connectivity index (χ4n) is 4.38. The molecule has 2 nitrogen and oxygen atoms in total. The van der Waals surface area contributed by atoms with Crippen molar-refractivity contribution in [2.45, 2.75) is 44.4 Å². The van der Waals surface area contributed by atoms with Crippen LogP contribution in [-0.2, 0) is 0 Å². The van der Waals surface area contributed by atoms with Crippen molar-refractivity contribution < 1.29 is 0 Å². The number of nitrogens with zero attached hydrogens (tertiary/aromatic N) is 2. The summed E-state index contributed by atoms with van der Waals surface area (Å²) in [5.74, 6) is 2.76. The average Bonchev–Trinajstić information content (AvgIpc) is 3.43. The van der Waals surface area contributed by atoms with Crippen LogP contribution >= 0.6 is 0 Å². The number of benzene rings is 1. The quantitative estimate of drug-likeness (QED) is 0.720. The van der Waals surface area contributed by atoms with Gasteiger partial charge in [-0.1, -0.05) is 43.2 Å². The maximum atomic E-state index is 4.12. The molecule has 4 rings (SSSR count). The SMILES string of the molecule is c1ccc([C@@H]2C[C@H]2CCCC2CCN(c3ccncc3)CC2)cc1. The van der Waals surface area contributed by atoms with Gasteiger partial charge < -0.3 is 4.90 Å². The molecule has 126 valence electrons. The molecule has 2 heteroatoms. The van der Waals surface area contributed by atoms with E-state index in [0.29, 0.717) is 0 Å². The molecule has 1 aromatic carbocycles. The minimum absolute atomic E-state index is 0.861. The lowest BCUT2D eigenvalue weighted by Gasteiger charge is -2.33. The maximum absolute atomic E-state index is 4.12. The van der Waals surface area contributed by atoms with Crippen molar-refractivity contribution in [2.24, 2.45) is 11.8 Å². The molecule has 1 aliphatic carbocycles. The first-order chi connectivity index (χ1) is 11.9. The molecule has 0 radical (unpaired) electrons. The number of anilines is 1. The molecule has 0 spiro atoms. The van der Waals surface area contributed by atoms with Crippen LogP contribution in [0.1, 0.15) is 50.0 Å². The Bertz CT molecular complexity index is 617. The molecule has 2 fully saturated rings. The van der Waals surface area contributed by atoms with Gasteiger partial charge in [-0.3, -0.25) is 4.98 Å². The summed E-state index contributed by atoms with van der Waals surface area (Å²) in [6.45, 7) is 2.43. The Morgan fingerprint density at radius 2 is 1.67 bits per heavy atom. The predicted octanol–water partition coefficient (Wildman–Crippen LogP) is 5.27. The van der Waals surface area contributed by atoms with E-state index in [0.717, 1.165) is 17.8 Å². The van der Waals surface area contributed by atoms with Gasteiger partial charge in [0, 0.05) is 31.2 Å². The number of aromatic nitrogens is 1. The van der Waals surface area contributed by atoms with Crippen molar-refractivity contribution >= 4 is 5.69 Å². The first-order valence-corrected chi connectivity index (χ1v) is 9.60. The minimum atomic E-state index is 0.861. The minimum Gasteiger partial charge on any atom is -0.371 e. The van der Waals surface area contributed by atoms with Gasteiger partial charge in [0.25, 0.3) is 0 Å². The van der Waals surface area contributed by atoms with Gasteiger partial charge in [0.2, 0.25) is 0 Å². The summed E-state index contributed by atoms with van der Waals surface area (Å²) in [6.07, 6.45) is 12.2. The Morgan fingerprint density at radius 3 is 2.42 bits per heavy atom. The molecule has 2 aromatic rings.